The van der Waals surface area contributed by atoms with E-state index in [0.29, 0.717) is 5.13 Å². The highest BCUT2D eigenvalue weighted by Crippen LogP contribution is 2.26. The number of hydrogen-bond acceptors (Lipinski definition) is 5. The minimum absolute atomic E-state index is 0.0744. The van der Waals surface area contributed by atoms with Crippen molar-refractivity contribution in [1.29, 1.82) is 0 Å². The monoisotopic (exact) mass is 325 g/mol. The quantitative estimate of drug-likeness (QED) is 0.678. The molecule has 2 aromatic rings. The number of amides is 1. The molecule has 0 saturated carbocycles. The summed E-state index contributed by atoms with van der Waals surface area (Å²) in [6.45, 7) is 4.02. The van der Waals surface area contributed by atoms with Crippen molar-refractivity contribution in [1.82, 2.24) is 4.98 Å². The molecule has 0 fully saturated rings. The first kappa shape index (κ1) is 15.4. The Labute approximate surface area is 129 Å². The lowest BCUT2D eigenvalue weighted by Crippen LogP contribution is -2.12. The van der Waals surface area contributed by atoms with Crippen LogP contribution in [0.25, 0.3) is 0 Å². The molecule has 21 heavy (non-hydrogen) atoms. The second kappa shape index (κ2) is 6.19. The summed E-state index contributed by atoms with van der Waals surface area (Å²) >= 11 is 7.11. The average Bonchev–Trinajstić information content (AvgIpc) is 2.86. The molecule has 1 N–H and O–H groups in total. The number of benzene rings is 1. The largest absolute Gasteiger partial charge is 0.298 e. The molecule has 0 radical (unpaired) electrons. The first-order valence-corrected chi connectivity index (χ1v) is 7.35. The number of nitro benzene ring substituents is 1. The van der Waals surface area contributed by atoms with E-state index in [-0.39, 0.29) is 22.2 Å². The highest BCUT2D eigenvalue weighted by molar-refractivity contribution is 7.14. The molecule has 1 aromatic carbocycles. The van der Waals surface area contributed by atoms with Crippen molar-refractivity contribution < 1.29 is 9.72 Å². The summed E-state index contributed by atoms with van der Waals surface area (Å²) in [5.41, 5.74) is 0.911. The molecule has 0 bridgehead atoms. The van der Waals surface area contributed by atoms with Crippen LogP contribution in [0.15, 0.2) is 23.6 Å². The van der Waals surface area contributed by atoms with Gasteiger partial charge in [0.2, 0.25) is 0 Å². The van der Waals surface area contributed by atoms with Crippen LogP contribution < -0.4 is 5.32 Å². The number of carbonyl (C=O) groups excluding carboxylic acids is 1. The first-order chi connectivity index (χ1) is 9.88. The van der Waals surface area contributed by atoms with Crippen LogP contribution >= 0.6 is 22.9 Å². The smallest absolute Gasteiger partial charge is 0.287 e. The number of aromatic nitrogens is 1. The van der Waals surface area contributed by atoms with Crippen molar-refractivity contribution in [3.63, 3.8) is 0 Å². The van der Waals surface area contributed by atoms with E-state index >= 15 is 0 Å². The lowest BCUT2D eigenvalue weighted by molar-refractivity contribution is -0.384. The molecule has 110 valence electrons. The third-order valence-electron chi connectivity index (χ3n) is 2.74. The minimum Gasteiger partial charge on any atom is -0.298 e. The van der Waals surface area contributed by atoms with Crippen molar-refractivity contribution in [3.8, 4) is 0 Å². The van der Waals surface area contributed by atoms with Gasteiger partial charge in [0, 0.05) is 17.0 Å². The molecule has 0 aliphatic rings. The summed E-state index contributed by atoms with van der Waals surface area (Å²) in [6.07, 6.45) is 0. The molecule has 1 aromatic heterocycles. The Morgan fingerprint density at radius 2 is 2.19 bits per heavy atom. The van der Waals surface area contributed by atoms with Gasteiger partial charge < -0.3 is 0 Å². The molecule has 0 atom stereocenters. The second-order valence-electron chi connectivity index (χ2n) is 4.61. The fourth-order valence-electron chi connectivity index (χ4n) is 1.57. The highest BCUT2D eigenvalue weighted by Gasteiger charge is 2.16. The van der Waals surface area contributed by atoms with Crippen molar-refractivity contribution in [2.24, 2.45) is 0 Å². The average molecular weight is 326 g/mol. The normalized spacial score (nSPS) is 10.7. The number of nitro groups is 1. The fourth-order valence-corrected chi connectivity index (χ4v) is 2.69. The molecule has 0 aliphatic carbocycles. The molecular formula is C13H12ClN3O3S. The number of rotatable bonds is 4. The van der Waals surface area contributed by atoms with E-state index < -0.39 is 10.8 Å². The van der Waals surface area contributed by atoms with Crippen LogP contribution in [0.2, 0.25) is 5.02 Å². The minimum atomic E-state index is -0.597. The van der Waals surface area contributed by atoms with Gasteiger partial charge in [-0.2, -0.15) is 0 Å². The summed E-state index contributed by atoms with van der Waals surface area (Å²) in [7, 11) is 0. The van der Waals surface area contributed by atoms with Gasteiger partial charge in [0.15, 0.2) is 5.13 Å². The number of anilines is 1. The molecule has 1 heterocycles. The van der Waals surface area contributed by atoms with E-state index in [9.17, 15) is 14.9 Å². The van der Waals surface area contributed by atoms with Crippen LogP contribution in [-0.4, -0.2) is 15.8 Å². The van der Waals surface area contributed by atoms with E-state index in [1.54, 1.807) is 0 Å². The number of thiazole rings is 1. The van der Waals surface area contributed by atoms with Gasteiger partial charge in [-0.1, -0.05) is 25.4 Å². The molecule has 8 heteroatoms. The van der Waals surface area contributed by atoms with Crippen molar-refractivity contribution in [2.75, 3.05) is 5.32 Å². The maximum atomic E-state index is 12.1. The predicted molar refractivity (Wildman–Crippen MR) is 82.3 cm³/mol. The van der Waals surface area contributed by atoms with Crippen LogP contribution in [0.3, 0.4) is 0 Å². The van der Waals surface area contributed by atoms with Gasteiger partial charge in [0.05, 0.1) is 10.6 Å². The molecule has 2 rings (SSSR count). The van der Waals surface area contributed by atoms with Gasteiger partial charge in [0.1, 0.15) is 5.02 Å². The number of nitrogens with zero attached hydrogens (tertiary/aromatic N) is 2. The van der Waals surface area contributed by atoms with Gasteiger partial charge in [-0.15, -0.1) is 11.3 Å². The summed E-state index contributed by atoms with van der Waals surface area (Å²) in [6, 6.07) is 3.83. The molecular weight excluding hydrogens is 314 g/mol. The molecule has 0 spiro atoms. The van der Waals surface area contributed by atoms with E-state index in [1.165, 1.54) is 29.5 Å². The Kier molecular flexibility index (Phi) is 4.54. The van der Waals surface area contributed by atoms with Gasteiger partial charge in [-0.05, 0) is 18.1 Å². The molecule has 0 saturated heterocycles. The van der Waals surface area contributed by atoms with E-state index in [2.05, 4.69) is 10.3 Å². The van der Waals surface area contributed by atoms with Gasteiger partial charge in [0.25, 0.3) is 11.6 Å². The van der Waals surface area contributed by atoms with Crippen LogP contribution in [0, 0.1) is 10.1 Å². The number of carbonyl (C=O) groups is 1. The van der Waals surface area contributed by atoms with Crippen molar-refractivity contribution in [3.05, 3.63) is 50.0 Å². The Hall–Kier alpha value is -1.99. The van der Waals surface area contributed by atoms with Crippen LogP contribution in [0.1, 0.15) is 35.8 Å². The van der Waals surface area contributed by atoms with Crippen LogP contribution in [0.4, 0.5) is 10.8 Å². The van der Waals surface area contributed by atoms with Crippen molar-refractivity contribution >= 4 is 39.7 Å². The Balaban J connectivity index is 2.16. The standard InChI is InChI=1S/C13H12ClN3O3S/c1-7(2)10-6-21-13(15-10)16-12(18)8-3-4-11(17(19)20)9(14)5-8/h3-7H,1-2H3,(H,15,16,18). The molecule has 0 unspecified atom stereocenters. The van der Waals surface area contributed by atoms with Gasteiger partial charge in [-0.3, -0.25) is 20.2 Å². The zero-order valence-electron chi connectivity index (χ0n) is 11.3. The fraction of sp³-hybridized carbons (Fsp3) is 0.231. The Bertz CT molecular complexity index is 700. The maximum absolute atomic E-state index is 12.1. The topological polar surface area (TPSA) is 85.1 Å². The summed E-state index contributed by atoms with van der Waals surface area (Å²) in [5.74, 6) is -0.128. The third-order valence-corrected chi connectivity index (χ3v) is 3.82. The lowest BCUT2D eigenvalue weighted by atomic mass is 10.2. The SMILES string of the molecule is CC(C)c1csc(NC(=O)c2ccc([N+](=O)[O-])c(Cl)c2)n1. The summed E-state index contributed by atoms with van der Waals surface area (Å²) in [4.78, 5) is 26.4. The van der Waals surface area contributed by atoms with Crippen LogP contribution in [-0.2, 0) is 0 Å². The maximum Gasteiger partial charge on any atom is 0.287 e. The van der Waals surface area contributed by atoms with Crippen LogP contribution in [0.5, 0.6) is 0 Å². The summed E-state index contributed by atoms with van der Waals surface area (Å²) < 4.78 is 0. The molecule has 0 aliphatic heterocycles. The highest BCUT2D eigenvalue weighted by atomic mass is 35.5. The summed E-state index contributed by atoms with van der Waals surface area (Å²) in [5, 5.41) is 15.6. The number of halogens is 1. The van der Waals surface area contributed by atoms with E-state index in [0.717, 1.165) is 5.69 Å². The van der Waals surface area contributed by atoms with E-state index in [1.807, 2.05) is 19.2 Å². The van der Waals surface area contributed by atoms with Gasteiger partial charge in [-0.25, -0.2) is 4.98 Å². The first-order valence-electron chi connectivity index (χ1n) is 6.09. The van der Waals surface area contributed by atoms with Gasteiger partial charge >= 0.3 is 0 Å². The second-order valence-corrected chi connectivity index (χ2v) is 5.87. The number of nitrogens with one attached hydrogen (secondary N) is 1. The predicted octanol–water partition coefficient (Wildman–Crippen LogP) is 4.08. The number of hydrogen-bond donors (Lipinski definition) is 1. The lowest BCUT2D eigenvalue weighted by Gasteiger charge is -2.03. The zero-order chi connectivity index (χ0) is 15.6. The molecule has 6 nitrogen and oxygen atoms in total. The Morgan fingerprint density at radius 3 is 2.71 bits per heavy atom. The third kappa shape index (κ3) is 3.56. The Morgan fingerprint density at radius 1 is 1.48 bits per heavy atom. The zero-order valence-corrected chi connectivity index (χ0v) is 12.9. The molecule has 1 amide bonds. The van der Waals surface area contributed by atoms with Crippen molar-refractivity contribution in [2.45, 2.75) is 19.8 Å². The van der Waals surface area contributed by atoms with E-state index in [4.69, 9.17) is 11.6 Å².